The Bertz CT molecular complexity index is 841. The van der Waals surface area contributed by atoms with Gasteiger partial charge in [-0.1, -0.05) is 183 Å². The van der Waals surface area contributed by atoms with Crippen molar-refractivity contribution in [2.45, 2.75) is 244 Å². The summed E-state index contributed by atoms with van der Waals surface area (Å²) in [6.45, 7) is 11.7. The standard InChI is InChI=1S/C42H82O10/c1-7-13-17-21-23-27-31-35(29-25-19-15-9-3)37(43)51-41(47,48)40(46,39(45,33-11-5)34-12-6)42(49,50)52-38(44)36(30-26-20-16-10-4)32-28-24-22-18-14-8-2/h35-36,45-50H,7-34H2,1-6H3. The third kappa shape index (κ3) is 17.4. The van der Waals surface area contributed by atoms with E-state index in [0.29, 0.717) is 51.4 Å². The van der Waals surface area contributed by atoms with Gasteiger partial charge in [-0.25, -0.2) is 0 Å². The second-order valence-corrected chi connectivity index (χ2v) is 15.5. The number of carbonyl (C=O) groups excluding carboxylic acids is 2. The van der Waals surface area contributed by atoms with Crippen LogP contribution in [-0.2, 0) is 19.1 Å². The number of aliphatic hydroxyl groups is 6. The van der Waals surface area contributed by atoms with Crippen LogP contribution in [0.3, 0.4) is 0 Å². The lowest BCUT2D eigenvalue weighted by Gasteiger charge is -2.52. The average Bonchev–Trinajstić information content (AvgIpc) is 3.08. The van der Waals surface area contributed by atoms with Crippen molar-refractivity contribution >= 4 is 11.9 Å². The Morgan fingerprint density at radius 2 is 0.654 bits per heavy atom. The van der Waals surface area contributed by atoms with Crippen LogP contribution in [0.4, 0.5) is 0 Å². The van der Waals surface area contributed by atoms with E-state index in [1.54, 1.807) is 13.8 Å². The van der Waals surface area contributed by atoms with Gasteiger partial charge in [0, 0.05) is 0 Å². The van der Waals surface area contributed by atoms with Crippen LogP contribution in [0, 0.1) is 11.8 Å². The average molecular weight is 747 g/mol. The number of esters is 2. The van der Waals surface area contributed by atoms with Crippen LogP contribution >= 0.6 is 0 Å². The molecule has 0 aromatic heterocycles. The van der Waals surface area contributed by atoms with Crippen LogP contribution in [0.5, 0.6) is 0 Å². The minimum absolute atomic E-state index is 0.170. The molecule has 0 radical (unpaired) electrons. The summed E-state index contributed by atoms with van der Waals surface area (Å²) in [5.41, 5.74) is -6.51. The molecule has 0 heterocycles. The van der Waals surface area contributed by atoms with E-state index in [9.17, 15) is 40.2 Å². The van der Waals surface area contributed by atoms with Crippen molar-refractivity contribution in [3.8, 4) is 0 Å². The third-order valence-corrected chi connectivity index (χ3v) is 10.7. The zero-order valence-electron chi connectivity index (χ0n) is 34.3. The largest absolute Gasteiger partial charge is 0.405 e. The minimum atomic E-state index is -4.05. The van der Waals surface area contributed by atoms with Gasteiger partial charge < -0.3 is 40.1 Å². The van der Waals surface area contributed by atoms with E-state index in [-0.39, 0.29) is 25.7 Å². The Morgan fingerprint density at radius 1 is 0.404 bits per heavy atom. The van der Waals surface area contributed by atoms with Gasteiger partial charge in [-0.15, -0.1) is 0 Å². The molecule has 310 valence electrons. The molecule has 6 N–H and O–H groups in total. The Morgan fingerprint density at radius 3 is 0.923 bits per heavy atom. The molecule has 0 fully saturated rings. The molecule has 0 aliphatic rings. The van der Waals surface area contributed by atoms with Crippen molar-refractivity contribution in [2.75, 3.05) is 0 Å². The quantitative estimate of drug-likeness (QED) is 0.0209. The first-order valence-corrected chi connectivity index (χ1v) is 21.5. The molecular weight excluding hydrogens is 664 g/mol. The lowest BCUT2D eigenvalue weighted by molar-refractivity contribution is -0.519. The number of rotatable bonds is 35. The maximum atomic E-state index is 13.7. The molecule has 2 atom stereocenters. The van der Waals surface area contributed by atoms with Crippen molar-refractivity contribution in [2.24, 2.45) is 11.8 Å². The number of unbranched alkanes of at least 4 members (excludes halogenated alkanes) is 16. The normalized spacial score (nSPS) is 14.9. The fourth-order valence-corrected chi connectivity index (χ4v) is 7.46. The fraction of sp³-hybridized carbons (Fsp3) is 0.952. The predicted molar refractivity (Wildman–Crippen MR) is 207 cm³/mol. The molecule has 10 heteroatoms. The summed E-state index contributed by atoms with van der Waals surface area (Å²) in [6, 6.07) is 0. The smallest absolute Gasteiger partial charge is 0.367 e. The molecule has 2 unspecified atom stereocenters. The van der Waals surface area contributed by atoms with Crippen LogP contribution in [0.15, 0.2) is 0 Å². The van der Waals surface area contributed by atoms with Gasteiger partial charge in [0.2, 0.25) is 0 Å². The molecule has 0 aromatic rings. The van der Waals surface area contributed by atoms with E-state index < -0.39 is 46.9 Å². The first-order chi connectivity index (χ1) is 24.7. The zero-order chi connectivity index (χ0) is 39.5. The first-order valence-electron chi connectivity index (χ1n) is 21.5. The summed E-state index contributed by atoms with van der Waals surface area (Å²) in [5.74, 6) is -11.7. The van der Waals surface area contributed by atoms with E-state index in [1.165, 1.54) is 0 Å². The van der Waals surface area contributed by atoms with Gasteiger partial charge in [-0.05, 0) is 38.5 Å². The van der Waals surface area contributed by atoms with Crippen LogP contribution in [0.2, 0.25) is 0 Å². The molecule has 52 heavy (non-hydrogen) atoms. The van der Waals surface area contributed by atoms with Crippen molar-refractivity contribution in [3.05, 3.63) is 0 Å². The minimum Gasteiger partial charge on any atom is -0.405 e. The number of ether oxygens (including phenoxy) is 2. The monoisotopic (exact) mass is 747 g/mol. The van der Waals surface area contributed by atoms with Gasteiger partial charge in [0.05, 0.1) is 11.8 Å². The van der Waals surface area contributed by atoms with Gasteiger partial charge >= 0.3 is 23.9 Å². The second-order valence-electron chi connectivity index (χ2n) is 15.5. The maximum absolute atomic E-state index is 13.7. The molecule has 0 spiro atoms. The molecule has 10 nitrogen and oxygen atoms in total. The topological polar surface area (TPSA) is 174 Å². The number of carbonyl (C=O) groups is 2. The van der Waals surface area contributed by atoms with Crippen molar-refractivity contribution in [3.63, 3.8) is 0 Å². The van der Waals surface area contributed by atoms with Gasteiger partial charge in [-0.2, -0.15) is 0 Å². The van der Waals surface area contributed by atoms with Gasteiger partial charge in [0.25, 0.3) is 5.60 Å². The number of hydrogen-bond acceptors (Lipinski definition) is 10. The first kappa shape index (κ1) is 50.7. The predicted octanol–water partition coefficient (Wildman–Crippen LogP) is 9.09. The van der Waals surface area contributed by atoms with E-state index in [1.807, 2.05) is 0 Å². The summed E-state index contributed by atoms with van der Waals surface area (Å²) in [7, 11) is 0. The summed E-state index contributed by atoms with van der Waals surface area (Å²) >= 11 is 0. The lowest BCUT2D eigenvalue weighted by Crippen LogP contribution is -2.80. The lowest BCUT2D eigenvalue weighted by atomic mass is 9.72. The summed E-state index contributed by atoms with van der Waals surface area (Å²) < 4.78 is 10.5. The van der Waals surface area contributed by atoms with E-state index in [4.69, 9.17) is 9.47 Å². The second kappa shape index (κ2) is 28.2. The molecular formula is C42H82O10. The fourth-order valence-electron chi connectivity index (χ4n) is 7.46. The molecule has 0 bridgehead atoms. The molecule has 0 saturated heterocycles. The molecule has 0 amide bonds. The highest BCUT2D eigenvalue weighted by Crippen LogP contribution is 2.46. The van der Waals surface area contributed by atoms with Crippen LogP contribution in [0.1, 0.15) is 221 Å². The van der Waals surface area contributed by atoms with Crippen molar-refractivity contribution in [1.82, 2.24) is 0 Å². The van der Waals surface area contributed by atoms with Crippen LogP contribution in [-0.4, -0.2) is 65.7 Å². The summed E-state index contributed by atoms with van der Waals surface area (Å²) in [4.78, 5) is 27.4. The van der Waals surface area contributed by atoms with Crippen LogP contribution in [0.25, 0.3) is 0 Å². The third-order valence-electron chi connectivity index (χ3n) is 10.7. The van der Waals surface area contributed by atoms with Gasteiger partial charge in [0.15, 0.2) is 0 Å². The Labute approximate surface area is 317 Å². The molecule has 0 aromatic carbocycles. The SMILES string of the molecule is CCCCCCCCC(CCCCCC)C(=O)OC(O)(O)C(O)(C(O)(CCC)CCC)C(O)(O)OC(=O)C(CCCCCC)CCCCCCCC. The number of hydrogen-bond donors (Lipinski definition) is 6. The molecule has 0 aliphatic carbocycles. The van der Waals surface area contributed by atoms with Crippen molar-refractivity contribution in [1.29, 1.82) is 0 Å². The van der Waals surface area contributed by atoms with E-state index in [2.05, 4.69) is 27.7 Å². The molecule has 0 saturated carbocycles. The Kier molecular flexibility index (Phi) is 27.5. The highest BCUT2D eigenvalue weighted by molar-refractivity contribution is 5.73. The molecule has 0 rings (SSSR count). The molecule has 0 aliphatic heterocycles. The van der Waals surface area contributed by atoms with E-state index in [0.717, 1.165) is 103 Å². The van der Waals surface area contributed by atoms with Gasteiger partial charge in [0.1, 0.15) is 5.60 Å². The van der Waals surface area contributed by atoms with Crippen molar-refractivity contribution < 1.29 is 49.7 Å². The van der Waals surface area contributed by atoms with Crippen LogP contribution < -0.4 is 0 Å². The van der Waals surface area contributed by atoms with Gasteiger partial charge in [-0.3, -0.25) is 9.59 Å². The summed E-state index contributed by atoms with van der Waals surface area (Å²) in [6.07, 6.45) is 20.3. The maximum Gasteiger partial charge on any atom is 0.367 e. The highest BCUT2D eigenvalue weighted by Gasteiger charge is 2.77. The highest BCUT2D eigenvalue weighted by atomic mass is 16.8. The zero-order valence-corrected chi connectivity index (χ0v) is 34.3. The Balaban J connectivity index is 6.52. The summed E-state index contributed by atoms with van der Waals surface area (Å²) in [5, 5.41) is 70.3. The Hall–Kier alpha value is -1.30. The van der Waals surface area contributed by atoms with E-state index >= 15 is 0 Å².